The number of rotatable bonds is 11. The molecule has 1 unspecified atom stereocenters. The van der Waals surface area contributed by atoms with E-state index < -0.39 is 29.4 Å². The van der Waals surface area contributed by atoms with Crippen LogP contribution >= 0.6 is 0 Å². The summed E-state index contributed by atoms with van der Waals surface area (Å²) in [6.07, 6.45) is 3.55. The number of amides is 3. The van der Waals surface area contributed by atoms with Crippen LogP contribution in [-0.2, 0) is 25.7 Å². The molecule has 3 amide bonds. The molecule has 1 fully saturated rings. The molecular weight excluding hydrogens is 410 g/mol. The van der Waals surface area contributed by atoms with Crippen molar-refractivity contribution in [3.05, 3.63) is 35.9 Å². The van der Waals surface area contributed by atoms with Crippen LogP contribution in [0.4, 0.5) is 4.79 Å². The lowest BCUT2D eigenvalue weighted by atomic mass is 10.1. The minimum Gasteiger partial charge on any atom is -0.444 e. The Morgan fingerprint density at radius 2 is 1.62 bits per heavy atom. The molecular formula is C24H35N3O5. The second-order valence-electron chi connectivity index (χ2n) is 9.02. The minimum absolute atomic E-state index is 0.0972. The van der Waals surface area contributed by atoms with Crippen LogP contribution in [0.25, 0.3) is 0 Å². The van der Waals surface area contributed by atoms with Gasteiger partial charge >= 0.3 is 6.09 Å². The van der Waals surface area contributed by atoms with Gasteiger partial charge in [-0.15, -0.1) is 0 Å². The maximum Gasteiger partial charge on any atom is 0.407 e. The number of carbonyl (C=O) groups excluding carboxylic acids is 4. The fourth-order valence-electron chi connectivity index (χ4n) is 3.53. The number of nitrogens with zero attached hydrogens (tertiary/aromatic N) is 1. The van der Waals surface area contributed by atoms with Gasteiger partial charge in [0.25, 0.3) is 5.91 Å². The third-order valence-corrected chi connectivity index (χ3v) is 5.11. The Balaban J connectivity index is 1.63. The molecule has 176 valence electrons. The van der Waals surface area contributed by atoms with Gasteiger partial charge in [0.15, 0.2) is 0 Å². The first-order chi connectivity index (χ1) is 15.2. The fraction of sp³-hybridized carbons (Fsp3) is 0.583. The number of ketones is 1. The summed E-state index contributed by atoms with van der Waals surface area (Å²) in [7, 11) is 0. The fourth-order valence-corrected chi connectivity index (χ4v) is 3.53. The number of Topliss-reactive ketones (excluding diaryl/α,β-unsaturated/α-hetero) is 1. The topological polar surface area (TPSA) is 105 Å². The molecule has 0 aromatic heterocycles. The van der Waals surface area contributed by atoms with E-state index in [0.29, 0.717) is 26.1 Å². The number of hydrogen-bond donors (Lipinski definition) is 2. The highest BCUT2D eigenvalue weighted by atomic mass is 16.6. The van der Waals surface area contributed by atoms with Gasteiger partial charge in [0.1, 0.15) is 11.6 Å². The number of ether oxygens (including phenoxy) is 1. The Kier molecular flexibility index (Phi) is 9.68. The molecule has 2 rings (SSSR count). The first-order valence-corrected chi connectivity index (χ1v) is 11.3. The van der Waals surface area contributed by atoms with Crippen LogP contribution in [0.5, 0.6) is 0 Å². The van der Waals surface area contributed by atoms with Crippen molar-refractivity contribution in [2.24, 2.45) is 0 Å². The highest BCUT2D eigenvalue weighted by Gasteiger charge is 2.38. The Bertz CT molecular complexity index is 789. The highest BCUT2D eigenvalue weighted by molar-refractivity contribution is 6.38. The number of likely N-dealkylation sites (tertiary alicyclic amines) is 1. The van der Waals surface area contributed by atoms with Crippen molar-refractivity contribution >= 4 is 23.7 Å². The van der Waals surface area contributed by atoms with Gasteiger partial charge in [-0.05, 0) is 45.6 Å². The zero-order valence-corrected chi connectivity index (χ0v) is 19.3. The molecule has 1 heterocycles. The lowest BCUT2D eigenvalue weighted by Crippen LogP contribution is -2.45. The van der Waals surface area contributed by atoms with E-state index in [-0.39, 0.29) is 12.3 Å². The summed E-state index contributed by atoms with van der Waals surface area (Å²) >= 11 is 0. The number of benzene rings is 1. The normalized spacial score (nSPS) is 16.0. The van der Waals surface area contributed by atoms with Crippen LogP contribution < -0.4 is 10.6 Å². The third kappa shape index (κ3) is 8.69. The van der Waals surface area contributed by atoms with Crippen molar-refractivity contribution in [1.29, 1.82) is 0 Å². The summed E-state index contributed by atoms with van der Waals surface area (Å²) in [4.78, 5) is 50.2. The summed E-state index contributed by atoms with van der Waals surface area (Å²) < 4.78 is 5.17. The van der Waals surface area contributed by atoms with Crippen LogP contribution in [0.2, 0.25) is 0 Å². The van der Waals surface area contributed by atoms with Gasteiger partial charge in [0.2, 0.25) is 11.7 Å². The van der Waals surface area contributed by atoms with E-state index in [2.05, 4.69) is 10.6 Å². The van der Waals surface area contributed by atoms with Gasteiger partial charge in [-0.25, -0.2) is 4.79 Å². The molecule has 1 atom stereocenters. The second kappa shape index (κ2) is 12.2. The van der Waals surface area contributed by atoms with Gasteiger partial charge in [0.05, 0.1) is 0 Å². The van der Waals surface area contributed by atoms with E-state index >= 15 is 0 Å². The third-order valence-electron chi connectivity index (χ3n) is 5.11. The van der Waals surface area contributed by atoms with Crippen LogP contribution in [-0.4, -0.2) is 53.3 Å². The number of unbranched alkanes of at least 4 members (excludes halogenated alkanes) is 3. The molecule has 8 nitrogen and oxygen atoms in total. The molecule has 1 aromatic rings. The molecule has 1 aromatic carbocycles. The molecule has 1 aliphatic rings. The van der Waals surface area contributed by atoms with Gasteiger partial charge in [-0.1, -0.05) is 43.2 Å². The van der Waals surface area contributed by atoms with Gasteiger partial charge < -0.3 is 20.3 Å². The monoisotopic (exact) mass is 445 g/mol. The summed E-state index contributed by atoms with van der Waals surface area (Å²) in [6.45, 7) is 6.72. The van der Waals surface area contributed by atoms with Gasteiger partial charge in [-0.3, -0.25) is 14.4 Å². The lowest BCUT2D eigenvalue weighted by molar-refractivity contribution is -0.143. The maximum absolute atomic E-state index is 12.6. The molecule has 0 spiro atoms. The zero-order chi connectivity index (χ0) is 23.6. The number of alkyl carbamates (subject to hydrolysis) is 1. The van der Waals surface area contributed by atoms with Crippen molar-refractivity contribution < 1.29 is 23.9 Å². The predicted molar refractivity (Wildman–Crippen MR) is 121 cm³/mol. The molecule has 0 bridgehead atoms. The van der Waals surface area contributed by atoms with Crippen LogP contribution in [0.15, 0.2) is 30.3 Å². The van der Waals surface area contributed by atoms with E-state index in [1.807, 2.05) is 51.1 Å². The number of nitrogens with one attached hydrogen (secondary N) is 2. The Labute approximate surface area is 190 Å². The molecule has 8 heteroatoms. The average Bonchev–Trinajstić information content (AvgIpc) is 3.09. The van der Waals surface area contributed by atoms with Crippen LogP contribution in [0, 0.1) is 0 Å². The van der Waals surface area contributed by atoms with Crippen molar-refractivity contribution in [3.63, 3.8) is 0 Å². The Morgan fingerprint density at radius 1 is 1.00 bits per heavy atom. The molecule has 2 N–H and O–H groups in total. The smallest absolute Gasteiger partial charge is 0.407 e. The highest BCUT2D eigenvalue weighted by Crippen LogP contribution is 2.22. The summed E-state index contributed by atoms with van der Waals surface area (Å²) in [5.41, 5.74) is 0.423. The molecule has 32 heavy (non-hydrogen) atoms. The predicted octanol–water partition coefficient (Wildman–Crippen LogP) is 2.95. The van der Waals surface area contributed by atoms with Crippen LogP contribution in [0.3, 0.4) is 0 Å². The van der Waals surface area contributed by atoms with Crippen LogP contribution in [0.1, 0.15) is 64.9 Å². The standard InChI is InChI=1S/C24H35N3O5/c1-24(2,3)32-23(31)26-16-10-5-4-9-15-25-22(30)21(29)19-13-14-20(28)27(19)17-18-11-7-6-8-12-18/h6-8,11-12,19H,4-5,9-10,13-17H2,1-3H3,(H,25,30)(H,26,31). The maximum atomic E-state index is 12.6. The first-order valence-electron chi connectivity index (χ1n) is 11.3. The van der Waals surface area contributed by atoms with Crippen molar-refractivity contribution in [3.8, 4) is 0 Å². The summed E-state index contributed by atoms with van der Waals surface area (Å²) in [6, 6.07) is 8.76. The van der Waals surface area contributed by atoms with E-state index in [1.165, 1.54) is 4.90 Å². The summed E-state index contributed by atoms with van der Waals surface area (Å²) in [5.74, 6) is -1.28. The molecule has 1 aliphatic heterocycles. The van der Waals surface area contributed by atoms with Crippen molar-refractivity contribution in [2.45, 2.75) is 77.5 Å². The van der Waals surface area contributed by atoms with E-state index in [0.717, 1.165) is 31.2 Å². The molecule has 0 saturated carbocycles. The quantitative estimate of drug-likeness (QED) is 0.402. The molecule has 0 aliphatic carbocycles. The Hall–Kier alpha value is -2.90. The van der Waals surface area contributed by atoms with E-state index in [9.17, 15) is 19.2 Å². The average molecular weight is 446 g/mol. The van der Waals surface area contributed by atoms with Crippen molar-refractivity contribution in [1.82, 2.24) is 15.5 Å². The van der Waals surface area contributed by atoms with Gasteiger partial charge in [-0.2, -0.15) is 0 Å². The largest absolute Gasteiger partial charge is 0.444 e. The Morgan fingerprint density at radius 3 is 2.25 bits per heavy atom. The molecule has 0 radical (unpaired) electrons. The van der Waals surface area contributed by atoms with E-state index in [4.69, 9.17) is 4.74 Å². The number of hydrogen-bond acceptors (Lipinski definition) is 5. The number of carbonyl (C=O) groups is 4. The second-order valence-corrected chi connectivity index (χ2v) is 9.02. The summed E-state index contributed by atoms with van der Waals surface area (Å²) in [5, 5.41) is 5.39. The minimum atomic E-state index is -0.693. The van der Waals surface area contributed by atoms with E-state index in [1.54, 1.807) is 0 Å². The van der Waals surface area contributed by atoms with Gasteiger partial charge in [0, 0.05) is 26.1 Å². The first kappa shape index (κ1) is 25.4. The lowest BCUT2D eigenvalue weighted by Gasteiger charge is -2.23. The molecule has 1 saturated heterocycles. The van der Waals surface area contributed by atoms with Crippen molar-refractivity contribution in [2.75, 3.05) is 13.1 Å². The zero-order valence-electron chi connectivity index (χ0n) is 19.3. The SMILES string of the molecule is CC(C)(C)OC(=O)NCCCCCCNC(=O)C(=O)C1CCC(=O)N1Cc1ccccc1.